The van der Waals surface area contributed by atoms with Crippen LogP contribution >= 0.6 is 0 Å². The lowest BCUT2D eigenvalue weighted by Gasteiger charge is -2.12. The van der Waals surface area contributed by atoms with Crippen LogP contribution in [0.2, 0.25) is 0 Å². The third kappa shape index (κ3) is 2.39. The summed E-state index contributed by atoms with van der Waals surface area (Å²) in [6.07, 6.45) is 3.63. The molecule has 3 nitrogen and oxygen atoms in total. The van der Waals surface area contributed by atoms with Gasteiger partial charge >= 0.3 is 0 Å². The number of imidazole rings is 1. The number of hydrogen-bond acceptors (Lipinski definition) is 2. The molecule has 1 atom stereocenters. The van der Waals surface area contributed by atoms with E-state index in [1.807, 2.05) is 24.0 Å². The second-order valence-electron chi connectivity index (χ2n) is 4.72. The number of rotatable bonds is 3. The zero-order valence-corrected chi connectivity index (χ0v) is 10.6. The van der Waals surface area contributed by atoms with E-state index in [0.717, 1.165) is 11.4 Å². The number of hydrogen-bond donors (Lipinski definition) is 1. The highest BCUT2D eigenvalue weighted by Crippen LogP contribution is 2.19. The van der Waals surface area contributed by atoms with E-state index in [0.29, 0.717) is 5.92 Å². The number of benzene rings is 1. The van der Waals surface area contributed by atoms with Gasteiger partial charge in [-0.05, 0) is 30.5 Å². The predicted molar refractivity (Wildman–Crippen MR) is 70.3 cm³/mol. The third-order valence-electron chi connectivity index (χ3n) is 2.97. The first-order chi connectivity index (χ1) is 8.09. The van der Waals surface area contributed by atoms with Crippen molar-refractivity contribution in [2.24, 2.45) is 5.73 Å². The van der Waals surface area contributed by atoms with E-state index in [1.165, 1.54) is 5.56 Å². The molecule has 0 aliphatic heterocycles. The smallest absolute Gasteiger partial charge is 0.0994 e. The van der Waals surface area contributed by atoms with Gasteiger partial charge in [0.15, 0.2) is 0 Å². The van der Waals surface area contributed by atoms with Crippen LogP contribution in [0.15, 0.2) is 36.8 Å². The van der Waals surface area contributed by atoms with Crippen molar-refractivity contribution < 1.29 is 0 Å². The molecule has 2 rings (SSSR count). The van der Waals surface area contributed by atoms with Gasteiger partial charge in [-0.2, -0.15) is 0 Å². The molecular weight excluding hydrogens is 210 g/mol. The molecule has 1 unspecified atom stereocenters. The van der Waals surface area contributed by atoms with Crippen molar-refractivity contribution in [2.75, 3.05) is 0 Å². The molecular formula is C14H19N3. The molecule has 0 amide bonds. The van der Waals surface area contributed by atoms with E-state index in [-0.39, 0.29) is 6.04 Å². The Morgan fingerprint density at radius 1 is 1.12 bits per heavy atom. The van der Waals surface area contributed by atoms with Crippen LogP contribution in [-0.2, 0) is 0 Å². The van der Waals surface area contributed by atoms with Gasteiger partial charge in [-0.3, -0.25) is 0 Å². The Balaban J connectivity index is 2.37. The highest BCUT2D eigenvalue weighted by molar-refractivity contribution is 5.37. The fourth-order valence-corrected chi connectivity index (χ4v) is 1.88. The summed E-state index contributed by atoms with van der Waals surface area (Å²) in [7, 11) is 0. The maximum absolute atomic E-state index is 5.91. The monoisotopic (exact) mass is 229 g/mol. The van der Waals surface area contributed by atoms with Gasteiger partial charge in [-0.25, -0.2) is 4.98 Å². The second kappa shape index (κ2) is 4.72. The lowest BCUT2D eigenvalue weighted by Crippen LogP contribution is -2.10. The van der Waals surface area contributed by atoms with E-state index in [2.05, 4.69) is 43.1 Å². The molecule has 90 valence electrons. The molecule has 2 aromatic rings. The molecule has 1 heterocycles. The summed E-state index contributed by atoms with van der Waals surface area (Å²) in [6.45, 7) is 6.36. The Kier molecular flexibility index (Phi) is 3.29. The molecule has 0 bridgehead atoms. The van der Waals surface area contributed by atoms with Gasteiger partial charge in [0.1, 0.15) is 0 Å². The molecule has 1 aromatic heterocycles. The van der Waals surface area contributed by atoms with Crippen molar-refractivity contribution in [3.63, 3.8) is 0 Å². The summed E-state index contributed by atoms with van der Waals surface area (Å²) in [4.78, 5) is 4.16. The molecule has 0 saturated heterocycles. The Labute approximate surface area is 102 Å². The Hall–Kier alpha value is -1.61. The topological polar surface area (TPSA) is 43.8 Å². The SMILES string of the molecule is CC(C)c1ccc(-n2cncc2C(C)N)cc1. The number of nitrogens with zero attached hydrogens (tertiary/aromatic N) is 2. The van der Waals surface area contributed by atoms with Gasteiger partial charge in [0.05, 0.1) is 18.2 Å². The van der Waals surface area contributed by atoms with Crippen molar-refractivity contribution in [1.29, 1.82) is 0 Å². The van der Waals surface area contributed by atoms with Crippen LogP contribution in [0.25, 0.3) is 5.69 Å². The Morgan fingerprint density at radius 2 is 1.76 bits per heavy atom. The van der Waals surface area contributed by atoms with Gasteiger partial charge in [0.25, 0.3) is 0 Å². The zero-order chi connectivity index (χ0) is 12.4. The van der Waals surface area contributed by atoms with Gasteiger partial charge in [-0.1, -0.05) is 26.0 Å². The summed E-state index contributed by atoms with van der Waals surface area (Å²) >= 11 is 0. The quantitative estimate of drug-likeness (QED) is 0.879. The minimum absolute atomic E-state index is 0.0118. The number of aromatic nitrogens is 2. The summed E-state index contributed by atoms with van der Waals surface area (Å²) in [6, 6.07) is 8.53. The van der Waals surface area contributed by atoms with Crippen LogP contribution in [0, 0.1) is 0 Å². The van der Waals surface area contributed by atoms with Crippen molar-refractivity contribution in [3.05, 3.63) is 48.0 Å². The third-order valence-corrected chi connectivity index (χ3v) is 2.97. The molecule has 0 radical (unpaired) electrons. The summed E-state index contributed by atoms with van der Waals surface area (Å²) in [5.41, 5.74) is 9.40. The van der Waals surface area contributed by atoms with Crippen LogP contribution in [-0.4, -0.2) is 9.55 Å². The largest absolute Gasteiger partial charge is 0.323 e. The molecule has 3 heteroatoms. The average Bonchev–Trinajstić information content (AvgIpc) is 2.78. The Morgan fingerprint density at radius 3 is 2.29 bits per heavy atom. The molecule has 2 N–H and O–H groups in total. The molecule has 0 spiro atoms. The maximum Gasteiger partial charge on any atom is 0.0994 e. The fourth-order valence-electron chi connectivity index (χ4n) is 1.88. The van der Waals surface area contributed by atoms with E-state index in [1.54, 1.807) is 0 Å². The average molecular weight is 229 g/mol. The first-order valence-electron chi connectivity index (χ1n) is 5.97. The zero-order valence-electron chi connectivity index (χ0n) is 10.6. The fraction of sp³-hybridized carbons (Fsp3) is 0.357. The lowest BCUT2D eigenvalue weighted by atomic mass is 10.0. The maximum atomic E-state index is 5.91. The summed E-state index contributed by atoms with van der Waals surface area (Å²) in [5, 5.41) is 0. The molecule has 17 heavy (non-hydrogen) atoms. The standard InChI is InChI=1S/C14H19N3/c1-10(2)12-4-6-13(7-5-12)17-9-16-8-14(17)11(3)15/h4-11H,15H2,1-3H3. The highest BCUT2D eigenvalue weighted by Gasteiger charge is 2.08. The Bertz CT molecular complexity index is 480. The van der Waals surface area contributed by atoms with Gasteiger partial charge in [0.2, 0.25) is 0 Å². The van der Waals surface area contributed by atoms with Gasteiger partial charge in [-0.15, -0.1) is 0 Å². The molecule has 0 saturated carbocycles. The van der Waals surface area contributed by atoms with E-state index in [9.17, 15) is 0 Å². The second-order valence-corrected chi connectivity index (χ2v) is 4.72. The van der Waals surface area contributed by atoms with Gasteiger partial charge < -0.3 is 10.3 Å². The number of nitrogens with two attached hydrogens (primary N) is 1. The van der Waals surface area contributed by atoms with E-state index >= 15 is 0 Å². The van der Waals surface area contributed by atoms with Crippen molar-refractivity contribution in [2.45, 2.75) is 32.7 Å². The van der Waals surface area contributed by atoms with Crippen LogP contribution in [0.3, 0.4) is 0 Å². The minimum Gasteiger partial charge on any atom is -0.323 e. The molecule has 1 aromatic carbocycles. The molecule has 0 aliphatic rings. The van der Waals surface area contributed by atoms with Crippen molar-refractivity contribution in [3.8, 4) is 5.69 Å². The highest BCUT2D eigenvalue weighted by atomic mass is 15.1. The van der Waals surface area contributed by atoms with E-state index in [4.69, 9.17) is 5.73 Å². The van der Waals surface area contributed by atoms with Gasteiger partial charge in [0, 0.05) is 11.7 Å². The van der Waals surface area contributed by atoms with Crippen molar-refractivity contribution >= 4 is 0 Å². The molecule has 0 aliphatic carbocycles. The minimum atomic E-state index is -0.0118. The normalized spacial score (nSPS) is 13.0. The first kappa shape index (κ1) is 11.9. The lowest BCUT2D eigenvalue weighted by molar-refractivity contribution is 0.752. The summed E-state index contributed by atoms with van der Waals surface area (Å²) in [5.74, 6) is 0.555. The summed E-state index contributed by atoms with van der Waals surface area (Å²) < 4.78 is 2.04. The molecule has 0 fully saturated rings. The van der Waals surface area contributed by atoms with E-state index < -0.39 is 0 Å². The van der Waals surface area contributed by atoms with Crippen LogP contribution in [0.5, 0.6) is 0 Å². The van der Waals surface area contributed by atoms with Crippen molar-refractivity contribution in [1.82, 2.24) is 9.55 Å². The van der Waals surface area contributed by atoms with Crippen LogP contribution < -0.4 is 5.73 Å². The van der Waals surface area contributed by atoms with Crippen LogP contribution in [0.4, 0.5) is 0 Å². The predicted octanol–water partition coefficient (Wildman–Crippen LogP) is 3.02. The first-order valence-corrected chi connectivity index (χ1v) is 5.97. The van der Waals surface area contributed by atoms with Crippen LogP contribution in [0.1, 0.15) is 44.0 Å².